The summed E-state index contributed by atoms with van der Waals surface area (Å²) < 4.78 is 12.4. The molecular formula is C9H9FOS. The Balaban J connectivity index is 2.53. The van der Waals surface area contributed by atoms with Crippen molar-refractivity contribution in [3.05, 3.63) is 35.6 Å². The molecule has 64 valence electrons. The number of carbonyl (C=O) groups excluding carboxylic acids is 1. The standard InChI is InChI=1S/C9H9FOS/c1-7(11)12-6-8-2-4-9(10)5-3-8/h2-5H,6H2,1H3. The Hall–Kier alpha value is -0.830. The van der Waals surface area contributed by atoms with Gasteiger partial charge in [-0.25, -0.2) is 4.39 Å². The lowest BCUT2D eigenvalue weighted by molar-refractivity contribution is -0.109. The Bertz CT molecular complexity index is 268. The van der Waals surface area contributed by atoms with Crippen LogP contribution in [0.4, 0.5) is 4.39 Å². The van der Waals surface area contributed by atoms with E-state index in [1.165, 1.54) is 30.8 Å². The summed E-state index contributed by atoms with van der Waals surface area (Å²) in [4.78, 5) is 10.6. The first kappa shape index (κ1) is 9.26. The minimum Gasteiger partial charge on any atom is -0.288 e. The monoisotopic (exact) mass is 184 g/mol. The largest absolute Gasteiger partial charge is 0.288 e. The van der Waals surface area contributed by atoms with Gasteiger partial charge in [0.05, 0.1) is 0 Å². The highest BCUT2D eigenvalue weighted by Crippen LogP contribution is 2.12. The van der Waals surface area contributed by atoms with E-state index in [-0.39, 0.29) is 10.9 Å². The van der Waals surface area contributed by atoms with Crippen molar-refractivity contribution in [3.63, 3.8) is 0 Å². The Morgan fingerprint density at radius 1 is 1.42 bits per heavy atom. The van der Waals surface area contributed by atoms with Crippen LogP contribution in [0.25, 0.3) is 0 Å². The van der Waals surface area contributed by atoms with E-state index >= 15 is 0 Å². The van der Waals surface area contributed by atoms with Crippen LogP contribution in [0.15, 0.2) is 24.3 Å². The van der Waals surface area contributed by atoms with Gasteiger partial charge in [0.2, 0.25) is 0 Å². The SMILES string of the molecule is CC(=O)SCc1ccc(F)cc1. The molecule has 0 unspecified atom stereocenters. The molecule has 0 aliphatic rings. The van der Waals surface area contributed by atoms with Gasteiger partial charge in [-0.3, -0.25) is 4.79 Å². The van der Waals surface area contributed by atoms with Gasteiger partial charge in [-0.2, -0.15) is 0 Å². The molecule has 0 amide bonds. The summed E-state index contributed by atoms with van der Waals surface area (Å²) in [6.45, 7) is 1.52. The molecule has 12 heavy (non-hydrogen) atoms. The molecule has 0 aliphatic heterocycles. The third-order valence-electron chi connectivity index (χ3n) is 1.36. The number of hydrogen-bond donors (Lipinski definition) is 0. The fraction of sp³-hybridized carbons (Fsp3) is 0.222. The minimum atomic E-state index is -0.244. The van der Waals surface area contributed by atoms with Crippen molar-refractivity contribution in [2.45, 2.75) is 12.7 Å². The smallest absolute Gasteiger partial charge is 0.186 e. The first-order valence-electron chi connectivity index (χ1n) is 3.56. The van der Waals surface area contributed by atoms with Crippen LogP contribution in [0.1, 0.15) is 12.5 Å². The van der Waals surface area contributed by atoms with Crippen LogP contribution in [0.5, 0.6) is 0 Å². The predicted octanol–water partition coefficient (Wildman–Crippen LogP) is 2.61. The van der Waals surface area contributed by atoms with Crippen LogP contribution in [-0.4, -0.2) is 5.12 Å². The van der Waals surface area contributed by atoms with Gasteiger partial charge in [0.1, 0.15) is 5.82 Å². The molecule has 0 aliphatic carbocycles. The fourth-order valence-electron chi connectivity index (χ4n) is 0.766. The van der Waals surface area contributed by atoms with E-state index in [2.05, 4.69) is 0 Å². The van der Waals surface area contributed by atoms with E-state index in [9.17, 15) is 9.18 Å². The molecule has 1 rings (SSSR count). The number of rotatable bonds is 2. The van der Waals surface area contributed by atoms with Crippen molar-refractivity contribution in [2.75, 3.05) is 0 Å². The van der Waals surface area contributed by atoms with E-state index in [4.69, 9.17) is 0 Å². The van der Waals surface area contributed by atoms with Crippen LogP contribution < -0.4 is 0 Å². The maximum atomic E-state index is 12.4. The van der Waals surface area contributed by atoms with Crippen molar-refractivity contribution < 1.29 is 9.18 Å². The molecular weight excluding hydrogens is 175 g/mol. The van der Waals surface area contributed by atoms with Crippen molar-refractivity contribution in [3.8, 4) is 0 Å². The summed E-state index contributed by atoms with van der Waals surface area (Å²) in [6, 6.07) is 6.17. The molecule has 0 heterocycles. The number of benzene rings is 1. The molecule has 0 N–H and O–H groups in total. The zero-order valence-electron chi connectivity index (χ0n) is 6.71. The van der Waals surface area contributed by atoms with Crippen LogP contribution in [0.3, 0.4) is 0 Å². The molecule has 0 fully saturated rings. The Labute approximate surface area is 75.0 Å². The number of hydrogen-bond acceptors (Lipinski definition) is 2. The van der Waals surface area contributed by atoms with E-state index in [0.717, 1.165) is 5.56 Å². The van der Waals surface area contributed by atoms with E-state index in [1.807, 2.05) is 0 Å². The first-order chi connectivity index (χ1) is 5.68. The summed E-state index contributed by atoms with van der Waals surface area (Å²) in [5.74, 6) is 0.377. The maximum absolute atomic E-state index is 12.4. The van der Waals surface area contributed by atoms with Gasteiger partial charge in [-0.15, -0.1) is 0 Å². The third-order valence-corrected chi connectivity index (χ3v) is 2.24. The lowest BCUT2D eigenvalue weighted by Gasteiger charge is -1.97. The Morgan fingerprint density at radius 2 is 2.00 bits per heavy atom. The molecule has 0 saturated heterocycles. The molecule has 0 aromatic heterocycles. The highest BCUT2D eigenvalue weighted by molar-refractivity contribution is 8.12. The lowest BCUT2D eigenvalue weighted by Crippen LogP contribution is -1.85. The van der Waals surface area contributed by atoms with E-state index < -0.39 is 0 Å². The Kier molecular flexibility index (Phi) is 3.29. The molecule has 0 atom stereocenters. The summed E-state index contributed by atoms with van der Waals surface area (Å²) in [6.07, 6.45) is 0. The third kappa shape index (κ3) is 3.05. The van der Waals surface area contributed by atoms with E-state index in [0.29, 0.717) is 5.75 Å². The quantitative estimate of drug-likeness (QED) is 0.702. The molecule has 0 saturated carbocycles. The molecule has 1 aromatic carbocycles. The van der Waals surface area contributed by atoms with Crippen LogP contribution >= 0.6 is 11.8 Å². The summed E-state index contributed by atoms with van der Waals surface area (Å²) in [7, 11) is 0. The average molecular weight is 184 g/mol. The molecule has 0 radical (unpaired) electrons. The second kappa shape index (κ2) is 4.26. The second-order valence-electron chi connectivity index (χ2n) is 2.41. The molecule has 1 nitrogen and oxygen atoms in total. The first-order valence-corrected chi connectivity index (χ1v) is 4.55. The maximum Gasteiger partial charge on any atom is 0.186 e. The minimum absolute atomic E-state index is 0.0827. The van der Waals surface area contributed by atoms with Crippen LogP contribution in [0.2, 0.25) is 0 Å². The van der Waals surface area contributed by atoms with Crippen LogP contribution in [-0.2, 0) is 10.5 Å². The molecule has 3 heteroatoms. The second-order valence-corrected chi connectivity index (χ2v) is 3.56. The molecule has 0 bridgehead atoms. The number of thioether (sulfide) groups is 1. The summed E-state index contributed by atoms with van der Waals surface area (Å²) in [5, 5.41) is 0.0827. The average Bonchev–Trinajstić information content (AvgIpc) is 2.03. The van der Waals surface area contributed by atoms with Gasteiger partial charge < -0.3 is 0 Å². The van der Waals surface area contributed by atoms with Gasteiger partial charge in [0.15, 0.2) is 5.12 Å². The molecule has 0 spiro atoms. The van der Waals surface area contributed by atoms with Crippen molar-refractivity contribution in [1.29, 1.82) is 0 Å². The number of halogens is 1. The van der Waals surface area contributed by atoms with Crippen molar-refractivity contribution >= 4 is 16.9 Å². The van der Waals surface area contributed by atoms with Crippen molar-refractivity contribution in [2.24, 2.45) is 0 Å². The topological polar surface area (TPSA) is 17.1 Å². The van der Waals surface area contributed by atoms with Gasteiger partial charge in [0.25, 0.3) is 0 Å². The summed E-state index contributed by atoms with van der Waals surface area (Å²) >= 11 is 1.23. The van der Waals surface area contributed by atoms with Gasteiger partial charge >= 0.3 is 0 Å². The van der Waals surface area contributed by atoms with Crippen LogP contribution in [0, 0.1) is 5.82 Å². The van der Waals surface area contributed by atoms with Crippen molar-refractivity contribution in [1.82, 2.24) is 0 Å². The highest BCUT2D eigenvalue weighted by atomic mass is 32.2. The summed E-state index contributed by atoms with van der Waals surface area (Å²) in [5.41, 5.74) is 0.969. The molecule has 1 aromatic rings. The normalized spacial score (nSPS) is 9.83. The number of carbonyl (C=O) groups is 1. The Morgan fingerprint density at radius 3 is 2.50 bits per heavy atom. The highest BCUT2D eigenvalue weighted by Gasteiger charge is 1.96. The van der Waals surface area contributed by atoms with Gasteiger partial charge in [-0.05, 0) is 17.7 Å². The zero-order valence-corrected chi connectivity index (χ0v) is 7.53. The zero-order chi connectivity index (χ0) is 8.97. The van der Waals surface area contributed by atoms with Gasteiger partial charge in [-0.1, -0.05) is 23.9 Å². The predicted molar refractivity (Wildman–Crippen MR) is 48.4 cm³/mol. The lowest BCUT2D eigenvalue weighted by atomic mass is 10.2. The van der Waals surface area contributed by atoms with E-state index in [1.54, 1.807) is 12.1 Å². The van der Waals surface area contributed by atoms with Gasteiger partial charge in [0, 0.05) is 12.7 Å². The fourth-order valence-corrected chi connectivity index (χ4v) is 1.33.